The molecule has 192 valence electrons. The summed E-state index contributed by atoms with van der Waals surface area (Å²) >= 11 is 13.6. The van der Waals surface area contributed by atoms with Crippen LogP contribution in [0, 0.1) is 0 Å². The van der Waals surface area contributed by atoms with Crippen LogP contribution in [-0.2, 0) is 6.42 Å². The summed E-state index contributed by atoms with van der Waals surface area (Å²) in [5.74, 6) is 1.28. The molecule has 0 saturated heterocycles. The number of nitrogens with zero attached hydrogens (tertiary/aromatic N) is 5. The van der Waals surface area contributed by atoms with Gasteiger partial charge in [0.15, 0.2) is 5.82 Å². The zero-order chi connectivity index (χ0) is 26.7. The fraction of sp³-hybridized carbons (Fsp3) is 0.103. The van der Waals surface area contributed by atoms with Crippen LogP contribution < -0.4 is 14.8 Å². The lowest BCUT2D eigenvalue weighted by atomic mass is 10.0. The van der Waals surface area contributed by atoms with E-state index in [1.807, 2.05) is 59.4 Å². The highest BCUT2D eigenvalue weighted by Crippen LogP contribution is 2.34. The highest BCUT2D eigenvalue weighted by molar-refractivity contribution is 7.15. The molecule has 0 saturated carbocycles. The van der Waals surface area contributed by atoms with E-state index in [0.29, 0.717) is 30.9 Å². The summed E-state index contributed by atoms with van der Waals surface area (Å²) in [4.78, 5) is 18.4. The number of benzene rings is 3. The van der Waals surface area contributed by atoms with Gasteiger partial charge in [0.2, 0.25) is 4.96 Å². The second-order valence-corrected chi connectivity index (χ2v) is 11.2. The molecule has 0 N–H and O–H groups in total. The van der Waals surface area contributed by atoms with E-state index < -0.39 is 0 Å². The fourth-order valence-electron chi connectivity index (χ4n) is 4.76. The van der Waals surface area contributed by atoms with Crippen molar-refractivity contribution >= 4 is 45.6 Å². The minimum Gasteiger partial charge on any atom is -0.490 e. The van der Waals surface area contributed by atoms with Crippen molar-refractivity contribution in [1.29, 1.82) is 0 Å². The average Bonchev–Trinajstić information content (AvgIpc) is 3.68. The standard InChI is InChI=1S/C29H19Cl2N5O2S/c1-16-11-18-12-17(7-10-24(18)38-16)26-19(15-35(33-26)21-5-3-2-4-6-21)13-25-28(37)36-29(39-25)32-27(34-36)22-9-8-20(30)14-23(22)31/h2-10,12-16H,11H2,1H3/b25-13-. The van der Waals surface area contributed by atoms with Gasteiger partial charge >= 0.3 is 0 Å². The molecule has 0 aliphatic carbocycles. The molecular formula is C29H19Cl2N5O2S. The Labute approximate surface area is 236 Å². The Morgan fingerprint density at radius 3 is 2.69 bits per heavy atom. The molecule has 7 rings (SSSR count). The number of ether oxygens (including phenoxy) is 1. The second-order valence-electron chi connectivity index (χ2n) is 9.34. The molecule has 1 atom stereocenters. The van der Waals surface area contributed by atoms with E-state index in [9.17, 15) is 4.79 Å². The van der Waals surface area contributed by atoms with Gasteiger partial charge in [-0.1, -0.05) is 52.7 Å². The van der Waals surface area contributed by atoms with Crippen LogP contribution in [0.3, 0.4) is 0 Å². The number of hydrogen-bond donors (Lipinski definition) is 0. The van der Waals surface area contributed by atoms with Gasteiger partial charge in [0.1, 0.15) is 17.5 Å². The largest absolute Gasteiger partial charge is 0.490 e. The first-order valence-electron chi connectivity index (χ1n) is 12.2. The number of aromatic nitrogens is 5. The highest BCUT2D eigenvalue weighted by Gasteiger charge is 2.21. The van der Waals surface area contributed by atoms with Gasteiger partial charge < -0.3 is 4.74 Å². The van der Waals surface area contributed by atoms with Gasteiger partial charge in [-0.15, -0.1) is 5.10 Å². The summed E-state index contributed by atoms with van der Waals surface area (Å²) in [5, 5.41) is 10.3. The molecular weight excluding hydrogens is 553 g/mol. The molecule has 39 heavy (non-hydrogen) atoms. The van der Waals surface area contributed by atoms with Crippen molar-refractivity contribution in [2.75, 3.05) is 0 Å². The molecule has 6 aromatic rings. The Morgan fingerprint density at radius 1 is 1.05 bits per heavy atom. The van der Waals surface area contributed by atoms with Crippen molar-refractivity contribution in [3.05, 3.63) is 109 Å². The third-order valence-electron chi connectivity index (χ3n) is 6.57. The number of halogens is 2. The molecule has 0 radical (unpaired) electrons. The van der Waals surface area contributed by atoms with E-state index in [2.05, 4.69) is 23.1 Å². The predicted molar refractivity (Wildman–Crippen MR) is 154 cm³/mol. The van der Waals surface area contributed by atoms with Crippen molar-refractivity contribution in [3.63, 3.8) is 0 Å². The molecule has 4 heterocycles. The molecule has 1 aliphatic heterocycles. The van der Waals surface area contributed by atoms with E-state index in [-0.39, 0.29) is 11.7 Å². The van der Waals surface area contributed by atoms with Crippen LogP contribution >= 0.6 is 34.5 Å². The Morgan fingerprint density at radius 2 is 1.90 bits per heavy atom. The SMILES string of the molecule is CC1Cc2cc(-c3nn(-c4ccccc4)cc3/C=c3\sc4nc(-c5ccc(Cl)cc5Cl)nn4c3=O)ccc2O1. The first-order chi connectivity index (χ1) is 18.9. The molecule has 3 aromatic carbocycles. The summed E-state index contributed by atoms with van der Waals surface area (Å²) in [6.07, 6.45) is 4.78. The molecule has 0 spiro atoms. The molecule has 7 nitrogen and oxygen atoms in total. The third-order valence-corrected chi connectivity index (χ3v) is 8.08. The van der Waals surface area contributed by atoms with Crippen LogP contribution in [-0.4, -0.2) is 30.5 Å². The zero-order valence-corrected chi connectivity index (χ0v) is 22.8. The van der Waals surface area contributed by atoms with Crippen molar-refractivity contribution in [2.24, 2.45) is 0 Å². The number of rotatable bonds is 4. The molecule has 1 unspecified atom stereocenters. The van der Waals surface area contributed by atoms with Crippen LogP contribution in [0.2, 0.25) is 10.0 Å². The smallest absolute Gasteiger partial charge is 0.291 e. The van der Waals surface area contributed by atoms with Crippen molar-refractivity contribution in [1.82, 2.24) is 24.4 Å². The van der Waals surface area contributed by atoms with Crippen molar-refractivity contribution in [3.8, 4) is 34.1 Å². The number of para-hydroxylation sites is 1. The van der Waals surface area contributed by atoms with Gasteiger partial charge in [-0.2, -0.15) is 14.6 Å². The number of thiazole rings is 1. The summed E-state index contributed by atoms with van der Waals surface area (Å²) < 4.78 is 9.53. The predicted octanol–water partition coefficient (Wildman–Crippen LogP) is 5.85. The normalized spacial score (nSPS) is 15.2. The lowest BCUT2D eigenvalue weighted by molar-refractivity contribution is 0.254. The molecule has 0 fully saturated rings. The lowest BCUT2D eigenvalue weighted by Crippen LogP contribution is -2.23. The maximum Gasteiger partial charge on any atom is 0.291 e. The maximum absolute atomic E-state index is 13.4. The monoisotopic (exact) mass is 571 g/mol. The van der Waals surface area contributed by atoms with E-state index >= 15 is 0 Å². The first kappa shape index (κ1) is 24.1. The van der Waals surface area contributed by atoms with Crippen LogP contribution in [0.25, 0.3) is 39.4 Å². The van der Waals surface area contributed by atoms with Crippen molar-refractivity contribution < 1.29 is 4.74 Å². The third kappa shape index (κ3) is 4.30. The van der Waals surface area contributed by atoms with E-state index in [4.69, 9.17) is 33.0 Å². The Balaban J connectivity index is 1.35. The molecule has 0 amide bonds. The quantitative estimate of drug-likeness (QED) is 0.265. The van der Waals surface area contributed by atoms with Gasteiger partial charge in [-0.05, 0) is 67.1 Å². The van der Waals surface area contributed by atoms with Crippen molar-refractivity contribution in [2.45, 2.75) is 19.4 Å². The van der Waals surface area contributed by atoms with E-state index in [1.165, 1.54) is 15.9 Å². The summed E-state index contributed by atoms with van der Waals surface area (Å²) in [5.41, 5.74) is 4.97. The summed E-state index contributed by atoms with van der Waals surface area (Å²) in [7, 11) is 0. The van der Waals surface area contributed by atoms with Gasteiger partial charge in [0.05, 0.1) is 15.2 Å². The average molecular weight is 572 g/mol. The van der Waals surface area contributed by atoms with Crippen LogP contribution in [0.5, 0.6) is 5.75 Å². The summed E-state index contributed by atoms with van der Waals surface area (Å²) in [6, 6.07) is 21.1. The van der Waals surface area contributed by atoms with E-state index in [0.717, 1.165) is 40.2 Å². The maximum atomic E-state index is 13.4. The van der Waals surface area contributed by atoms with Gasteiger partial charge in [-0.25, -0.2) is 4.68 Å². The summed E-state index contributed by atoms with van der Waals surface area (Å²) in [6.45, 7) is 2.06. The minimum atomic E-state index is -0.256. The molecule has 1 aliphatic rings. The lowest BCUT2D eigenvalue weighted by Gasteiger charge is -2.04. The number of fused-ring (bicyclic) bond motifs is 2. The highest BCUT2D eigenvalue weighted by atomic mass is 35.5. The molecule has 3 aromatic heterocycles. The Hall–Kier alpha value is -3.98. The first-order valence-corrected chi connectivity index (χ1v) is 13.8. The van der Waals surface area contributed by atoms with Gasteiger partial charge in [0.25, 0.3) is 5.56 Å². The Kier molecular flexibility index (Phi) is 5.77. The molecule has 10 heteroatoms. The van der Waals surface area contributed by atoms with E-state index in [1.54, 1.807) is 18.2 Å². The number of hydrogen-bond acceptors (Lipinski definition) is 6. The minimum absolute atomic E-state index is 0.147. The van der Waals surface area contributed by atoms with Crippen LogP contribution in [0.4, 0.5) is 0 Å². The van der Waals surface area contributed by atoms with Gasteiger partial charge in [-0.3, -0.25) is 4.79 Å². The zero-order valence-electron chi connectivity index (χ0n) is 20.5. The van der Waals surface area contributed by atoms with Gasteiger partial charge in [0, 0.05) is 34.3 Å². The second kappa shape index (κ2) is 9.34. The van der Waals surface area contributed by atoms with Crippen LogP contribution in [0.15, 0.2) is 77.7 Å². The fourth-order valence-corrected chi connectivity index (χ4v) is 6.15. The Bertz CT molecular complexity index is 2000. The molecule has 0 bridgehead atoms. The topological polar surface area (TPSA) is 74.3 Å². The van der Waals surface area contributed by atoms with Crippen LogP contribution in [0.1, 0.15) is 18.1 Å².